The molecule has 5 N–H and O–H groups in total. The van der Waals surface area contributed by atoms with Crippen molar-refractivity contribution in [2.24, 2.45) is 5.73 Å². The number of nitrogens with one attached hydrogen (secondary N) is 1. The topological polar surface area (TPSA) is 161 Å². The summed E-state index contributed by atoms with van der Waals surface area (Å²) in [7, 11) is -0.0609. The number of primary amides is 1. The van der Waals surface area contributed by atoms with Gasteiger partial charge >= 0.3 is 7.12 Å². The number of hydrogen-bond acceptors (Lipinski definition) is 9. The molecule has 31 heavy (non-hydrogen) atoms. The molecule has 0 atom stereocenters. The molecule has 0 saturated heterocycles. The first-order chi connectivity index (χ1) is 15.0. The van der Waals surface area contributed by atoms with E-state index in [9.17, 15) is 14.8 Å². The zero-order valence-electron chi connectivity index (χ0n) is 16.4. The maximum atomic E-state index is 11.6. The number of fused-ring (bicyclic) bond motifs is 1. The minimum Gasteiger partial charge on any atom is -0.481 e. The number of anilines is 1. The molecule has 0 radical (unpaired) electrons. The smallest absolute Gasteiger partial charge is 0.481 e. The van der Waals surface area contributed by atoms with Crippen molar-refractivity contribution in [2.45, 2.75) is 6.54 Å². The van der Waals surface area contributed by atoms with Crippen LogP contribution in [-0.4, -0.2) is 55.0 Å². The lowest BCUT2D eigenvalue weighted by atomic mass is 9.80. The van der Waals surface area contributed by atoms with E-state index in [0.717, 1.165) is 5.56 Å². The summed E-state index contributed by atoms with van der Waals surface area (Å²) in [6.07, 6.45) is 0. The van der Waals surface area contributed by atoms with Crippen LogP contribution in [0, 0.1) is 0 Å². The molecule has 3 heterocycles. The zero-order chi connectivity index (χ0) is 22.0. The third kappa shape index (κ3) is 4.15. The Bertz CT molecular complexity index is 1260. The Morgan fingerprint density at radius 3 is 2.74 bits per heavy atom. The van der Waals surface area contributed by atoms with Crippen molar-refractivity contribution in [3.8, 4) is 17.4 Å². The fourth-order valence-electron chi connectivity index (χ4n) is 3.05. The normalized spacial score (nSPS) is 10.8. The van der Waals surface area contributed by atoms with Gasteiger partial charge in [-0.3, -0.25) is 4.79 Å². The van der Waals surface area contributed by atoms with Gasteiger partial charge in [0.25, 0.3) is 5.91 Å². The summed E-state index contributed by atoms with van der Waals surface area (Å²) in [5, 5.41) is 29.9. The summed E-state index contributed by atoms with van der Waals surface area (Å²) < 4.78 is 6.62. The second-order valence-electron chi connectivity index (χ2n) is 6.60. The van der Waals surface area contributed by atoms with E-state index in [1.54, 1.807) is 42.5 Å². The number of rotatable bonds is 7. The van der Waals surface area contributed by atoms with Crippen molar-refractivity contribution in [1.82, 2.24) is 24.8 Å². The largest absolute Gasteiger partial charge is 0.488 e. The average molecular weight is 419 g/mol. The zero-order valence-corrected chi connectivity index (χ0v) is 16.4. The molecule has 11 nitrogen and oxygen atoms in total. The number of nitrogens with two attached hydrogens (primary N) is 1. The van der Waals surface area contributed by atoms with Gasteiger partial charge in [-0.15, -0.1) is 5.10 Å². The monoisotopic (exact) mass is 419 g/mol. The number of benzene rings is 1. The first kappa shape index (κ1) is 20.3. The Kier molecular flexibility index (Phi) is 5.47. The summed E-state index contributed by atoms with van der Waals surface area (Å²) >= 11 is 0. The third-order valence-electron chi connectivity index (χ3n) is 4.54. The van der Waals surface area contributed by atoms with Crippen LogP contribution >= 0.6 is 0 Å². The van der Waals surface area contributed by atoms with Gasteiger partial charge in [-0.05, 0) is 23.2 Å². The van der Waals surface area contributed by atoms with Crippen molar-refractivity contribution >= 4 is 29.8 Å². The highest BCUT2D eigenvalue weighted by Crippen LogP contribution is 2.24. The molecule has 4 aromatic rings. The van der Waals surface area contributed by atoms with Gasteiger partial charge in [0.1, 0.15) is 11.5 Å². The Hall–Kier alpha value is -4.03. The molecule has 12 heteroatoms. The lowest BCUT2D eigenvalue weighted by Crippen LogP contribution is -2.30. The van der Waals surface area contributed by atoms with E-state index in [1.165, 1.54) is 11.6 Å². The number of ether oxygens (including phenoxy) is 1. The molecular weight excluding hydrogens is 401 g/mol. The van der Waals surface area contributed by atoms with Crippen LogP contribution in [0.2, 0.25) is 0 Å². The fraction of sp³-hybridized carbons (Fsp3) is 0.105. The van der Waals surface area contributed by atoms with Gasteiger partial charge < -0.3 is 25.8 Å². The predicted molar refractivity (Wildman–Crippen MR) is 113 cm³/mol. The average Bonchev–Trinajstić information content (AvgIpc) is 3.21. The van der Waals surface area contributed by atoms with Crippen molar-refractivity contribution in [3.63, 3.8) is 0 Å². The van der Waals surface area contributed by atoms with Gasteiger partial charge in [-0.25, -0.2) is 9.50 Å². The summed E-state index contributed by atoms with van der Waals surface area (Å²) in [6.45, 7) is 0.369. The molecule has 0 saturated carbocycles. The van der Waals surface area contributed by atoms with E-state index >= 15 is 0 Å². The van der Waals surface area contributed by atoms with E-state index in [4.69, 9.17) is 10.5 Å². The number of nitrogens with zero attached hydrogens (tertiary/aromatic N) is 5. The van der Waals surface area contributed by atoms with Crippen molar-refractivity contribution in [2.75, 3.05) is 12.4 Å². The minimum absolute atomic E-state index is 0.184. The number of methoxy groups -OCH3 is 1. The van der Waals surface area contributed by atoms with Crippen molar-refractivity contribution < 1.29 is 19.6 Å². The number of carbonyl (C=O) groups is 1. The second-order valence-corrected chi connectivity index (χ2v) is 6.60. The van der Waals surface area contributed by atoms with E-state index in [0.29, 0.717) is 34.9 Å². The Labute approximate surface area is 176 Å². The number of amides is 1. The van der Waals surface area contributed by atoms with E-state index in [2.05, 4.69) is 25.6 Å². The van der Waals surface area contributed by atoms with E-state index < -0.39 is 13.0 Å². The quantitative estimate of drug-likeness (QED) is 0.292. The molecule has 0 aliphatic rings. The second kappa shape index (κ2) is 8.38. The first-order valence-electron chi connectivity index (χ1n) is 9.23. The Morgan fingerprint density at radius 1 is 1.19 bits per heavy atom. The number of pyridine rings is 1. The summed E-state index contributed by atoms with van der Waals surface area (Å²) in [4.78, 5) is 20.5. The molecule has 0 aliphatic carbocycles. The molecule has 1 amide bonds. The molecule has 0 unspecified atom stereocenters. The molecule has 0 fully saturated rings. The lowest BCUT2D eigenvalue weighted by molar-refractivity contribution is 0.0993. The number of aromatic nitrogens is 5. The highest BCUT2D eigenvalue weighted by molar-refractivity contribution is 6.58. The molecule has 3 aromatic heterocycles. The molecule has 0 spiro atoms. The Balaban J connectivity index is 1.67. The predicted octanol–water partition coefficient (Wildman–Crippen LogP) is -0.414. The highest BCUT2D eigenvalue weighted by atomic mass is 16.5. The maximum Gasteiger partial charge on any atom is 0.488 e. The lowest BCUT2D eigenvalue weighted by Gasteiger charge is -2.10. The summed E-state index contributed by atoms with van der Waals surface area (Å²) in [5.74, 6) is 0.382. The molecule has 4 rings (SSSR count). The van der Waals surface area contributed by atoms with Gasteiger partial charge in [-0.1, -0.05) is 35.5 Å². The molecule has 1 aromatic carbocycles. The molecule has 156 valence electrons. The van der Waals surface area contributed by atoms with Crippen LogP contribution in [0.3, 0.4) is 0 Å². The maximum absolute atomic E-state index is 11.6. The highest BCUT2D eigenvalue weighted by Gasteiger charge is 2.17. The fourth-order valence-corrected chi connectivity index (χ4v) is 3.05. The van der Waals surface area contributed by atoms with Crippen molar-refractivity contribution in [1.29, 1.82) is 0 Å². The van der Waals surface area contributed by atoms with Crippen LogP contribution in [0.4, 0.5) is 5.82 Å². The van der Waals surface area contributed by atoms with Gasteiger partial charge in [0.2, 0.25) is 5.88 Å². The van der Waals surface area contributed by atoms with Crippen LogP contribution in [-0.2, 0) is 6.54 Å². The first-order valence-corrected chi connectivity index (χ1v) is 9.23. The SMILES string of the molecule is COc1cc(NCc2cccc(B(O)O)c2)nc(-c2nnn3c(C(N)=O)cccc23)n1. The molecule has 0 aliphatic heterocycles. The van der Waals surface area contributed by atoms with E-state index in [-0.39, 0.29) is 11.5 Å². The minimum atomic E-state index is -1.54. The molecular formula is C19H18BN7O4. The summed E-state index contributed by atoms with van der Waals surface area (Å²) in [5.41, 5.74) is 7.67. The van der Waals surface area contributed by atoms with Crippen LogP contribution in [0.1, 0.15) is 16.1 Å². The van der Waals surface area contributed by atoms with Gasteiger partial charge in [0.15, 0.2) is 11.5 Å². The standard InChI is InChI=1S/C19H18BN7O4/c1-31-16-9-15(22-10-11-4-2-5-12(8-11)20(29)30)23-19(24-16)17-13-6-3-7-14(18(21)28)27(13)26-25-17/h2-9,29-30H,10H2,1H3,(H2,21,28)(H,22,23,24). The number of hydrogen-bond donors (Lipinski definition) is 4. The summed E-state index contributed by atoms with van der Waals surface area (Å²) in [6, 6.07) is 13.4. The van der Waals surface area contributed by atoms with Gasteiger partial charge in [-0.2, -0.15) is 4.98 Å². The van der Waals surface area contributed by atoms with Crippen LogP contribution in [0.25, 0.3) is 17.0 Å². The third-order valence-corrected chi connectivity index (χ3v) is 4.54. The number of carbonyl (C=O) groups excluding carboxylic acids is 1. The molecule has 0 bridgehead atoms. The van der Waals surface area contributed by atoms with Crippen LogP contribution < -0.4 is 21.3 Å². The van der Waals surface area contributed by atoms with Gasteiger partial charge in [0.05, 0.1) is 12.6 Å². The van der Waals surface area contributed by atoms with E-state index in [1.807, 2.05) is 6.07 Å². The van der Waals surface area contributed by atoms with Gasteiger partial charge in [0, 0.05) is 12.6 Å². The van der Waals surface area contributed by atoms with Crippen LogP contribution in [0.5, 0.6) is 5.88 Å². The Morgan fingerprint density at radius 2 is 2.00 bits per heavy atom. The van der Waals surface area contributed by atoms with Crippen molar-refractivity contribution in [3.05, 3.63) is 59.8 Å². The van der Waals surface area contributed by atoms with Crippen LogP contribution in [0.15, 0.2) is 48.5 Å².